The van der Waals surface area contributed by atoms with Crippen molar-refractivity contribution in [3.05, 3.63) is 63.6 Å². The Hall–Kier alpha value is -2.97. The van der Waals surface area contributed by atoms with Crippen LogP contribution in [0.15, 0.2) is 52.2 Å². The highest BCUT2D eigenvalue weighted by atomic mass is 32.2. The van der Waals surface area contributed by atoms with Gasteiger partial charge in [0.25, 0.3) is 11.1 Å². The van der Waals surface area contributed by atoms with Crippen molar-refractivity contribution in [3.8, 4) is 11.3 Å². The minimum Gasteiger partial charge on any atom is -0.351 e. The molecule has 0 radical (unpaired) electrons. The molecule has 0 aromatic carbocycles. The van der Waals surface area contributed by atoms with Crippen molar-refractivity contribution >= 4 is 54.1 Å². The highest BCUT2D eigenvalue weighted by molar-refractivity contribution is 8.18. The molecule has 0 spiro atoms. The van der Waals surface area contributed by atoms with Gasteiger partial charge in [0.2, 0.25) is 5.95 Å². The molecule has 4 N–H and O–H groups in total. The van der Waals surface area contributed by atoms with Crippen LogP contribution in [0.5, 0.6) is 0 Å². The number of phosphoric ester groups is 1. The third-order valence-corrected chi connectivity index (χ3v) is 8.48. The van der Waals surface area contributed by atoms with Gasteiger partial charge in [-0.1, -0.05) is 6.07 Å². The van der Waals surface area contributed by atoms with E-state index in [9.17, 15) is 14.2 Å². The number of rotatable bonds is 10. The Morgan fingerprint density at radius 3 is 2.65 bits per heavy atom. The average molecular weight is 603 g/mol. The number of imide groups is 1. The van der Waals surface area contributed by atoms with Gasteiger partial charge in [-0.05, 0) is 73.2 Å². The molecule has 3 aromatic heterocycles. The second-order valence-corrected chi connectivity index (χ2v) is 12.3. The van der Waals surface area contributed by atoms with Crippen molar-refractivity contribution in [2.75, 3.05) is 12.0 Å². The van der Waals surface area contributed by atoms with Gasteiger partial charge >= 0.3 is 7.82 Å². The summed E-state index contributed by atoms with van der Waals surface area (Å²) in [4.78, 5) is 56.5. The maximum absolute atomic E-state index is 12.5. The highest BCUT2D eigenvalue weighted by Crippen LogP contribution is 2.38. The van der Waals surface area contributed by atoms with Crippen molar-refractivity contribution < 1.29 is 28.5 Å². The Balaban J connectivity index is 1.11. The zero-order valence-electron chi connectivity index (χ0n) is 21.2. The van der Waals surface area contributed by atoms with Gasteiger partial charge in [0.05, 0.1) is 22.0 Å². The minimum absolute atomic E-state index is 0.0749. The van der Waals surface area contributed by atoms with Crippen molar-refractivity contribution in [1.82, 2.24) is 25.2 Å². The van der Waals surface area contributed by atoms with Gasteiger partial charge in [0, 0.05) is 35.8 Å². The summed E-state index contributed by atoms with van der Waals surface area (Å²) in [6.07, 6.45) is 6.86. The molecule has 1 aliphatic heterocycles. The van der Waals surface area contributed by atoms with Gasteiger partial charge in [-0.15, -0.1) is 0 Å². The topological polar surface area (TPSA) is 167 Å². The number of hydrogen-bond donors (Lipinski definition) is 4. The van der Waals surface area contributed by atoms with Crippen molar-refractivity contribution in [3.63, 3.8) is 0 Å². The standard InChI is InChI=1S/C25H27N6O6PS2/c32-23-22(40-25(33)31(23)15-37-38(34,35)36)12-19-8-10-26-24(30-19)29-18-6-4-17(5-7-18)27-13-20-2-1-3-21(28-20)16-9-11-39-14-16/h1-3,8-12,14,17-18,27H,4-7,13,15H2,(H,26,29,30)(H2,34,35,36)/b22-12-/t17-,18-. The number of amides is 2. The van der Waals surface area contributed by atoms with E-state index >= 15 is 0 Å². The predicted molar refractivity (Wildman–Crippen MR) is 152 cm³/mol. The van der Waals surface area contributed by atoms with E-state index in [1.54, 1.807) is 23.6 Å². The Kier molecular flexibility index (Phi) is 9.06. The van der Waals surface area contributed by atoms with Crippen LogP contribution in [0.3, 0.4) is 0 Å². The van der Waals surface area contributed by atoms with Crippen LogP contribution in [0.4, 0.5) is 10.7 Å². The van der Waals surface area contributed by atoms with Crippen molar-refractivity contribution in [2.45, 2.75) is 44.3 Å². The summed E-state index contributed by atoms with van der Waals surface area (Å²) in [6.45, 7) is -0.124. The van der Waals surface area contributed by atoms with E-state index in [0.29, 0.717) is 40.9 Å². The number of nitrogens with one attached hydrogen (secondary N) is 2. The number of carbonyl (C=O) groups is 2. The van der Waals surface area contributed by atoms with Gasteiger partial charge < -0.3 is 20.4 Å². The first-order valence-electron chi connectivity index (χ1n) is 12.5. The lowest BCUT2D eigenvalue weighted by Crippen LogP contribution is -2.37. The van der Waals surface area contributed by atoms with Crippen molar-refractivity contribution in [1.29, 1.82) is 0 Å². The second kappa shape index (κ2) is 12.7. The normalized spacial score (nSPS) is 20.9. The van der Waals surface area contributed by atoms with Crippen molar-refractivity contribution in [2.24, 2.45) is 0 Å². The molecule has 2 amide bonds. The fourth-order valence-electron chi connectivity index (χ4n) is 4.42. The smallest absolute Gasteiger partial charge is 0.351 e. The van der Waals surface area contributed by atoms with E-state index in [1.165, 1.54) is 6.08 Å². The van der Waals surface area contributed by atoms with E-state index in [2.05, 4.69) is 42.0 Å². The number of thioether (sulfide) groups is 1. The molecular formula is C25H27N6O6PS2. The zero-order chi connectivity index (χ0) is 28.1. The number of phosphoric acid groups is 1. The van der Waals surface area contributed by atoms with Crippen LogP contribution in [-0.4, -0.2) is 59.6 Å². The first-order chi connectivity index (χ1) is 19.2. The molecule has 1 saturated heterocycles. The Morgan fingerprint density at radius 2 is 1.90 bits per heavy atom. The Labute approximate surface area is 238 Å². The Bertz CT molecular complexity index is 1440. The number of nitrogens with zero attached hydrogens (tertiary/aromatic N) is 4. The second-order valence-electron chi connectivity index (χ2n) is 9.26. The maximum atomic E-state index is 12.5. The van der Waals surface area contributed by atoms with Gasteiger partial charge in [0.15, 0.2) is 0 Å². The van der Waals surface area contributed by atoms with Crippen LogP contribution in [0.1, 0.15) is 37.1 Å². The molecular weight excluding hydrogens is 575 g/mol. The zero-order valence-corrected chi connectivity index (χ0v) is 23.7. The summed E-state index contributed by atoms with van der Waals surface area (Å²) in [5, 5.41) is 10.5. The Morgan fingerprint density at radius 1 is 1.10 bits per heavy atom. The fraction of sp³-hybridized carbons (Fsp3) is 0.320. The van der Waals surface area contributed by atoms with Crippen LogP contribution in [0.2, 0.25) is 0 Å². The first kappa shape index (κ1) is 28.6. The number of pyridine rings is 1. The maximum Gasteiger partial charge on any atom is 0.471 e. The molecule has 0 unspecified atom stereocenters. The lowest BCUT2D eigenvalue weighted by molar-refractivity contribution is -0.124. The summed E-state index contributed by atoms with van der Waals surface area (Å²) in [6, 6.07) is 10.4. The highest BCUT2D eigenvalue weighted by Gasteiger charge is 2.36. The molecule has 1 saturated carbocycles. The monoisotopic (exact) mass is 602 g/mol. The van der Waals surface area contributed by atoms with Gasteiger partial charge in [0.1, 0.15) is 6.73 Å². The number of anilines is 1. The predicted octanol–water partition coefficient (Wildman–Crippen LogP) is 4.22. The van der Waals surface area contributed by atoms with E-state index < -0.39 is 25.7 Å². The quantitative estimate of drug-likeness (QED) is 0.193. The number of carbonyl (C=O) groups excluding carboxylic acids is 2. The summed E-state index contributed by atoms with van der Waals surface area (Å²) < 4.78 is 15.2. The van der Waals surface area contributed by atoms with Gasteiger partial charge in [-0.3, -0.25) is 19.1 Å². The molecule has 12 nitrogen and oxygen atoms in total. The fourth-order valence-corrected chi connectivity index (χ4v) is 6.15. The van der Waals surface area contributed by atoms with E-state index in [0.717, 1.165) is 42.6 Å². The lowest BCUT2D eigenvalue weighted by atomic mass is 9.91. The molecule has 210 valence electrons. The van der Waals surface area contributed by atoms with Crippen LogP contribution < -0.4 is 10.6 Å². The molecule has 4 heterocycles. The third kappa shape index (κ3) is 7.61. The number of aromatic nitrogens is 3. The molecule has 1 aliphatic carbocycles. The largest absolute Gasteiger partial charge is 0.471 e. The summed E-state index contributed by atoms with van der Waals surface area (Å²) in [5.74, 6) is -0.292. The molecule has 0 bridgehead atoms. The van der Waals surface area contributed by atoms with Crippen LogP contribution in [0.25, 0.3) is 17.3 Å². The van der Waals surface area contributed by atoms with E-state index in [1.807, 2.05) is 18.2 Å². The van der Waals surface area contributed by atoms with Gasteiger partial charge in [-0.25, -0.2) is 19.4 Å². The van der Waals surface area contributed by atoms with Crippen LogP contribution >= 0.6 is 30.9 Å². The summed E-state index contributed by atoms with van der Waals surface area (Å²) >= 11 is 2.31. The molecule has 2 aliphatic rings. The molecule has 3 aromatic rings. The van der Waals surface area contributed by atoms with E-state index in [-0.39, 0.29) is 10.9 Å². The first-order valence-corrected chi connectivity index (χ1v) is 15.8. The summed E-state index contributed by atoms with van der Waals surface area (Å²) in [5.41, 5.74) is 3.56. The van der Waals surface area contributed by atoms with Crippen LogP contribution in [0, 0.1) is 0 Å². The average Bonchev–Trinajstić information content (AvgIpc) is 3.56. The van der Waals surface area contributed by atoms with Gasteiger partial charge in [-0.2, -0.15) is 11.3 Å². The number of hydrogen-bond acceptors (Lipinski definition) is 11. The molecule has 5 rings (SSSR count). The van der Waals surface area contributed by atoms with Crippen LogP contribution in [-0.2, 0) is 20.4 Å². The third-order valence-electron chi connectivity index (χ3n) is 6.44. The number of thiophene rings is 1. The molecule has 40 heavy (non-hydrogen) atoms. The lowest BCUT2D eigenvalue weighted by Gasteiger charge is -2.29. The van der Waals surface area contributed by atoms with E-state index in [4.69, 9.17) is 14.8 Å². The molecule has 15 heteroatoms. The molecule has 0 atom stereocenters. The molecule has 2 fully saturated rings. The SMILES string of the molecule is O=C1S/C(=C\c2ccnc(N[C@H]3CC[C@H](NCc4cccc(-c5ccsc5)n4)CC3)n2)C(=O)N1COP(=O)(O)O. The summed E-state index contributed by atoms with van der Waals surface area (Å²) in [7, 11) is -4.82. The minimum atomic E-state index is -4.82.